The predicted molar refractivity (Wildman–Crippen MR) is 68.8 cm³/mol. The Morgan fingerprint density at radius 1 is 1.37 bits per heavy atom. The molecule has 2 rings (SSSR count). The zero-order valence-electron chi connectivity index (χ0n) is 10.9. The molecule has 0 spiro atoms. The van der Waals surface area contributed by atoms with Crippen LogP contribution in [0.15, 0.2) is 24.3 Å². The van der Waals surface area contributed by atoms with Gasteiger partial charge in [0.25, 0.3) is 0 Å². The monoisotopic (exact) mass is 260 g/mol. The Hall–Kier alpha value is -2.24. The van der Waals surface area contributed by atoms with Crippen molar-refractivity contribution in [1.82, 2.24) is 20.2 Å². The van der Waals surface area contributed by atoms with E-state index >= 15 is 0 Å². The second-order valence-corrected chi connectivity index (χ2v) is 4.65. The highest BCUT2D eigenvalue weighted by atomic mass is 16.4. The van der Waals surface area contributed by atoms with Gasteiger partial charge in [0.05, 0.1) is 12.5 Å². The molecule has 1 aromatic heterocycles. The Bertz CT molecular complexity index is 562. The molecule has 1 unspecified atom stereocenters. The first-order valence-corrected chi connectivity index (χ1v) is 6.10. The lowest BCUT2D eigenvalue weighted by atomic mass is 10.1. The summed E-state index contributed by atoms with van der Waals surface area (Å²) in [6.07, 6.45) is 0.600. The number of hydrogen-bond donors (Lipinski definition) is 1. The minimum atomic E-state index is -0.857. The molecule has 0 aliphatic heterocycles. The zero-order valence-corrected chi connectivity index (χ0v) is 10.9. The fourth-order valence-electron chi connectivity index (χ4n) is 1.90. The quantitative estimate of drug-likeness (QED) is 0.883. The van der Waals surface area contributed by atoms with E-state index in [9.17, 15) is 4.79 Å². The van der Waals surface area contributed by atoms with Crippen LogP contribution in [0.1, 0.15) is 36.3 Å². The van der Waals surface area contributed by atoms with Gasteiger partial charge in [0.1, 0.15) is 0 Å². The van der Waals surface area contributed by atoms with Crippen LogP contribution in [0.25, 0.3) is 0 Å². The van der Waals surface area contributed by atoms with E-state index in [1.165, 1.54) is 5.56 Å². The van der Waals surface area contributed by atoms with Crippen molar-refractivity contribution >= 4 is 5.97 Å². The van der Waals surface area contributed by atoms with Crippen molar-refractivity contribution in [3.05, 3.63) is 41.2 Å². The fraction of sp³-hybridized carbons (Fsp3) is 0.385. The summed E-state index contributed by atoms with van der Waals surface area (Å²) in [5.74, 6) is -0.179. The smallest absolute Gasteiger partial charge is 0.305 e. The molecule has 0 bridgehead atoms. The molecular weight excluding hydrogens is 244 g/mol. The van der Waals surface area contributed by atoms with Crippen molar-refractivity contribution in [1.29, 1.82) is 0 Å². The largest absolute Gasteiger partial charge is 0.481 e. The molecular formula is C13H16N4O2. The van der Waals surface area contributed by atoms with Crippen molar-refractivity contribution in [3.63, 3.8) is 0 Å². The molecule has 1 N–H and O–H groups in total. The molecule has 0 aliphatic carbocycles. The number of rotatable bonds is 5. The van der Waals surface area contributed by atoms with Gasteiger partial charge in [0.15, 0.2) is 5.82 Å². The minimum Gasteiger partial charge on any atom is -0.481 e. The van der Waals surface area contributed by atoms with Crippen LogP contribution in [0, 0.1) is 6.92 Å². The maximum atomic E-state index is 10.7. The predicted octanol–water partition coefficient (Wildman–Crippen LogP) is 1.61. The first-order chi connectivity index (χ1) is 9.06. The van der Waals surface area contributed by atoms with Crippen LogP contribution >= 0.6 is 0 Å². The van der Waals surface area contributed by atoms with Crippen molar-refractivity contribution < 1.29 is 9.90 Å². The number of carbonyl (C=O) groups is 1. The van der Waals surface area contributed by atoms with Crippen molar-refractivity contribution in [3.8, 4) is 0 Å². The molecule has 1 atom stereocenters. The average Bonchev–Trinajstić information content (AvgIpc) is 2.79. The number of hydrogen-bond acceptors (Lipinski definition) is 4. The number of aryl methyl sites for hydroxylation is 1. The molecule has 1 heterocycles. The highest BCUT2D eigenvalue weighted by molar-refractivity contribution is 5.67. The molecule has 6 heteroatoms. The standard InChI is InChI=1S/C13H16N4O2/c1-9-3-5-11(6-4-9)8-12-14-15-16-17(12)10(2)7-13(18)19/h3-6,10H,7-8H2,1-2H3,(H,18,19). The highest BCUT2D eigenvalue weighted by Crippen LogP contribution is 2.14. The van der Waals surface area contributed by atoms with Gasteiger partial charge < -0.3 is 5.11 Å². The number of tetrazole rings is 1. The van der Waals surface area contributed by atoms with Gasteiger partial charge in [-0.25, -0.2) is 4.68 Å². The molecule has 1 aromatic carbocycles. The summed E-state index contributed by atoms with van der Waals surface area (Å²) in [6.45, 7) is 3.83. The summed E-state index contributed by atoms with van der Waals surface area (Å²) in [4.78, 5) is 10.7. The van der Waals surface area contributed by atoms with Crippen molar-refractivity contribution in [2.75, 3.05) is 0 Å². The van der Waals surface area contributed by atoms with Gasteiger partial charge in [-0.3, -0.25) is 4.79 Å². The van der Waals surface area contributed by atoms with Gasteiger partial charge in [0.2, 0.25) is 0 Å². The first-order valence-electron chi connectivity index (χ1n) is 6.10. The summed E-state index contributed by atoms with van der Waals surface area (Å²) < 4.78 is 1.58. The fourth-order valence-corrected chi connectivity index (χ4v) is 1.90. The van der Waals surface area contributed by atoms with Gasteiger partial charge in [-0.05, 0) is 29.8 Å². The second-order valence-electron chi connectivity index (χ2n) is 4.65. The molecule has 0 saturated carbocycles. The number of carboxylic acid groups (broad SMARTS) is 1. The molecule has 6 nitrogen and oxygen atoms in total. The normalized spacial score (nSPS) is 12.3. The van der Waals surface area contributed by atoms with Gasteiger partial charge in [-0.2, -0.15) is 0 Å². The molecule has 0 radical (unpaired) electrons. The molecule has 0 aliphatic rings. The molecule has 19 heavy (non-hydrogen) atoms. The zero-order chi connectivity index (χ0) is 13.8. The lowest BCUT2D eigenvalue weighted by molar-refractivity contribution is -0.137. The van der Waals surface area contributed by atoms with Gasteiger partial charge in [-0.15, -0.1) is 5.10 Å². The lowest BCUT2D eigenvalue weighted by Crippen LogP contribution is -2.15. The van der Waals surface area contributed by atoms with E-state index in [0.29, 0.717) is 12.2 Å². The second kappa shape index (κ2) is 5.60. The van der Waals surface area contributed by atoms with Crippen LogP contribution in [-0.2, 0) is 11.2 Å². The number of carboxylic acids is 1. The Kier molecular flexibility index (Phi) is 3.89. The van der Waals surface area contributed by atoms with Crippen LogP contribution in [0.4, 0.5) is 0 Å². The van der Waals surface area contributed by atoms with E-state index in [-0.39, 0.29) is 12.5 Å². The van der Waals surface area contributed by atoms with Crippen LogP contribution < -0.4 is 0 Å². The summed E-state index contributed by atoms with van der Waals surface area (Å²) in [7, 11) is 0. The third kappa shape index (κ3) is 3.37. The van der Waals surface area contributed by atoms with E-state index < -0.39 is 5.97 Å². The maximum absolute atomic E-state index is 10.7. The molecule has 2 aromatic rings. The van der Waals surface area contributed by atoms with Crippen LogP contribution in [-0.4, -0.2) is 31.3 Å². The number of nitrogens with zero attached hydrogens (tertiary/aromatic N) is 4. The number of aromatic nitrogens is 4. The summed E-state index contributed by atoms with van der Waals surface area (Å²) in [5, 5.41) is 20.3. The average molecular weight is 260 g/mol. The third-order valence-electron chi connectivity index (χ3n) is 2.93. The van der Waals surface area contributed by atoms with Crippen LogP contribution in [0.5, 0.6) is 0 Å². The summed E-state index contributed by atoms with van der Waals surface area (Å²) in [6, 6.07) is 7.86. The SMILES string of the molecule is Cc1ccc(Cc2nnnn2C(C)CC(=O)O)cc1. The van der Waals surface area contributed by atoms with E-state index in [2.05, 4.69) is 15.5 Å². The third-order valence-corrected chi connectivity index (χ3v) is 2.93. The minimum absolute atomic E-state index is 0.00589. The van der Waals surface area contributed by atoms with Gasteiger partial charge >= 0.3 is 5.97 Å². The number of benzene rings is 1. The summed E-state index contributed by atoms with van der Waals surface area (Å²) in [5.41, 5.74) is 2.30. The van der Waals surface area contributed by atoms with Gasteiger partial charge in [-0.1, -0.05) is 29.8 Å². The molecule has 100 valence electrons. The Morgan fingerprint density at radius 3 is 2.68 bits per heavy atom. The Morgan fingerprint density at radius 2 is 2.05 bits per heavy atom. The first kappa shape index (κ1) is 13.2. The number of aliphatic carboxylic acids is 1. The Balaban J connectivity index is 2.15. The van der Waals surface area contributed by atoms with E-state index in [1.54, 1.807) is 11.6 Å². The molecule has 0 fully saturated rings. The van der Waals surface area contributed by atoms with Crippen LogP contribution in [0.3, 0.4) is 0 Å². The topological polar surface area (TPSA) is 80.9 Å². The van der Waals surface area contributed by atoms with Crippen LogP contribution in [0.2, 0.25) is 0 Å². The molecule has 0 saturated heterocycles. The maximum Gasteiger partial charge on any atom is 0.305 e. The lowest BCUT2D eigenvalue weighted by Gasteiger charge is -2.11. The Labute approximate surface area is 111 Å². The van der Waals surface area contributed by atoms with E-state index in [4.69, 9.17) is 5.11 Å². The highest BCUT2D eigenvalue weighted by Gasteiger charge is 2.16. The van der Waals surface area contributed by atoms with E-state index in [0.717, 1.165) is 5.56 Å². The molecule has 0 amide bonds. The van der Waals surface area contributed by atoms with Crippen molar-refractivity contribution in [2.45, 2.75) is 32.7 Å². The van der Waals surface area contributed by atoms with E-state index in [1.807, 2.05) is 31.2 Å². The van der Waals surface area contributed by atoms with Crippen molar-refractivity contribution in [2.24, 2.45) is 0 Å². The summed E-state index contributed by atoms with van der Waals surface area (Å²) >= 11 is 0. The van der Waals surface area contributed by atoms with Gasteiger partial charge in [0, 0.05) is 6.42 Å².